The van der Waals surface area contributed by atoms with Crippen LogP contribution in [0.2, 0.25) is 0 Å². The number of aryl methyl sites for hydroxylation is 2. The monoisotopic (exact) mass is 393 g/mol. The first-order chi connectivity index (χ1) is 13.2. The lowest BCUT2D eigenvalue weighted by Gasteiger charge is -2.34. The lowest BCUT2D eigenvalue weighted by Crippen LogP contribution is -2.36. The second-order valence-electron chi connectivity index (χ2n) is 7.78. The average Bonchev–Trinajstić information content (AvgIpc) is 2.87. The molecule has 0 spiro atoms. The number of carbonyl (C=O) groups excluding carboxylic acids is 1. The number of amides is 1. The van der Waals surface area contributed by atoms with Crippen LogP contribution in [-0.2, 0) is 11.8 Å². The van der Waals surface area contributed by atoms with Gasteiger partial charge in [-0.2, -0.15) is 5.10 Å². The van der Waals surface area contributed by atoms with E-state index in [0.29, 0.717) is 17.1 Å². The Kier molecular flexibility index (Phi) is 4.59. The summed E-state index contributed by atoms with van der Waals surface area (Å²) in [6.45, 7) is 1.93. The van der Waals surface area contributed by atoms with Gasteiger partial charge in [-0.1, -0.05) is 29.8 Å². The Morgan fingerprint density at radius 3 is 2.64 bits per heavy atom. The minimum atomic E-state index is -2.67. The van der Waals surface area contributed by atoms with Gasteiger partial charge < -0.3 is 4.74 Å². The van der Waals surface area contributed by atoms with Gasteiger partial charge in [0.25, 0.3) is 0 Å². The Labute approximate surface area is 160 Å². The molecule has 2 saturated carbocycles. The van der Waals surface area contributed by atoms with Gasteiger partial charge in [0, 0.05) is 44.2 Å². The van der Waals surface area contributed by atoms with Gasteiger partial charge in [-0.15, -0.1) is 0 Å². The molecule has 2 aromatic rings. The second-order valence-corrected chi connectivity index (χ2v) is 7.78. The molecule has 8 heteroatoms. The van der Waals surface area contributed by atoms with Crippen LogP contribution in [0.5, 0.6) is 0 Å². The molecule has 0 aliphatic heterocycles. The number of rotatable bonds is 4. The van der Waals surface area contributed by atoms with Crippen LogP contribution in [0.25, 0.3) is 11.1 Å². The third-order valence-electron chi connectivity index (χ3n) is 5.39. The Morgan fingerprint density at radius 1 is 1.32 bits per heavy atom. The summed E-state index contributed by atoms with van der Waals surface area (Å²) in [7, 11) is 1.65. The van der Waals surface area contributed by atoms with Crippen molar-refractivity contribution in [3.05, 3.63) is 35.5 Å². The SMILES string of the molecule is Cc1cccc(-c2c(C3CC(F)(F)C3)nn(C)c2NC(=O)OC2CC(F)C2)c1. The summed E-state index contributed by atoms with van der Waals surface area (Å²) < 4.78 is 46.6. The zero-order valence-corrected chi connectivity index (χ0v) is 15.7. The zero-order chi connectivity index (χ0) is 20.1. The summed E-state index contributed by atoms with van der Waals surface area (Å²) in [6, 6.07) is 7.59. The maximum atomic E-state index is 13.5. The molecule has 0 bridgehead atoms. The highest BCUT2D eigenvalue weighted by Crippen LogP contribution is 2.51. The van der Waals surface area contributed by atoms with Crippen molar-refractivity contribution in [1.29, 1.82) is 0 Å². The molecule has 0 saturated heterocycles. The highest BCUT2D eigenvalue weighted by atomic mass is 19.3. The second kappa shape index (κ2) is 6.83. The van der Waals surface area contributed by atoms with Crippen LogP contribution in [0, 0.1) is 6.92 Å². The molecule has 4 rings (SSSR count). The smallest absolute Gasteiger partial charge is 0.413 e. The summed E-state index contributed by atoms with van der Waals surface area (Å²) >= 11 is 0. The Hall–Kier alpha value is -2.51. The Balaban J connectivity index is 1.65. The zero-order valence-electron chi connectivity index (χ0n) is 15.7. The molecule has 0 atom stereocenters. The molecule has 150 valence electrons. The fraction of sp³-hybridized carbons (Fsp3) is 0.500. The molecule has 1 aromatic heterocycles. The fourth-order valence-corrected chi connectivity index (χ4v) is 3.79. The number of ether oxygens (including phenoxy) is 1. The molecular weight excluding hydrogens is 371 g/mol. The van der Waals surface area contributed by atoms with E-state index in [1.807, 2.05) is 31.2 Å². The van der Waals surface area contributed by atoms with Crippen LogP contribution < -0.4 is 5.32 Å². The largest absolute Gasteiger partial charge is 0.446 e. The minimum Gasteiger partial charge on any atom is -0.446 e. The van der Waals surface area contributed by atoms with Crippen molar-refractivity contribution < 1.29 is 22.7 Å². The highest BCUT2D eigenvalue weighted by Gasteiger charge is 2.48. The molecule has 5 nitrogen and oxygen atoms in total. The number of anilines is 1. The van der Waals surface area contributed by atoms with Crippen LogP contribution in [-0.4, -0.2) is 34.1 Å². The van der Waals surface area contributed by atoms with E-state index >= 15 is 0 Å². The number of nitrogens with one attached hydrogen (secondary N) is 1. The van der Waals surface area contributed by atoms with Crippen LogP contribution in [0.1, 0.15) is 42.9 Å². The fourth-order valence-electron chi connectivity index (χ4n) is 3.79. The van der Waals surface area contributed by atoms with E-state index in [9.17, 15) is 18.0 Å². The molecule has 28 heavy (non-hydrogen) atoms. The lowest BCUT2D eigenvalue weighted by atomic mass is 9.77. The molecule has 2 aliphatic carbocycles. The molecule has 0 radical (unpaired) electrons. The summed E-state index contributed by atoms with van der Waals surface area (Å²) in [5.74, 6) is -2.66. The van der Waals surface area contributed by atoms with Crippen molar-refractivity contribution in [1.82, 2.24) is 9.78 Å². The molecular formula is C20H22F3N3O2. The number of carbonyl (C=O) groups is 1. The van der Waals surface area contributed by atoms with Crippen LogP contribution in [0.4, 0.5) is 23.8 Å². The molecule has 1 heterocycles. The van der Waals surface area contributed by atoms with Crippen molar-refractivity contribution in [3.8, 4) is 11.1 Å². The number of nitrogens with zero attached hydrogens (tertiary/aromatic N) is 2. The van der Waals surface area contributed by atoms with Crippen LogP contribution in [0.15, 0.2) is 24.3 Å². The molecule has 1 amide bonds. The van der Waals surface area contributed by atoms with E-state index in [4.69, 9.17) is 4.74 Å². The molecule has 2 fully saturated rings. The number of benzene rings is 1. The van der Waals surface area contributed by atoms with E-state index < -0.39 is 24.3 Å². The van der Waals surface area contributed by atoms with Crippen molar-refractivity contribution >= 4 is 11.9 Å². The summed E-state index contributed by atoms with van der Waals surface area (Å²) in [6.07, 6.45) is -2.17. The number of aromatic nitrogens is 2. The van der Waals surface area contributed by atoms with Crippen molar-refractivity contribution in [2.24, 2.45) is 7.05 Å². The first-order valence-electron chi connectivity index (χ1n) is 9.35. The first-order valence-corrected chi connectivity index (χ1v) is 9.35. The van der Waals surface area contributed by atoms with E-state index in [1.54, 1.807) is 7.05 Å². The summed E-state index contributed by atoms with van der Waals surface area (Å²) in [5.41, 5.74) is 2.96. The van der Waals surface area contributed by atoms with E-state index in [0.717, 1.165) is 11.1 Å². The van der Waals surface area contributed by atoms with Gasteiger partial charge in [0.05, 0.1) is 5.69 Å². The third-order valence-corrected chi connectivity index (χ3v) is 5.39. The minimum absolute atomic E-state index is 0.200. The lowest BCUT2D eigenvalue weighted by molar-refractivity contribution is -0.0875. The molecule has 0 unspecified atom stereocenters. The van der Waals surface area contributed by atoms with Crippen molar-refractivity contribution in [3.63, 3.8) is 0 Å². The predicted molar refractivity (Wildman–Crippen MR) is 98.3 cm³/mol. The van der Waals surface area contributed by atoms with Crippen molar-refractivity contribution in [2.75, 3.05) is 5.32 Å². The van der Waals surface area contributed by atoms with E-state index in [-0.39, 0.29) is 31.6 Å². The van der Waals surface area contributed by atoms with Gasteiger partial charge in [0.15, 0.2) is 0 Å². The van der Waals surface area contributed by atoms with Gasteiger partial charge in [-0.3, -0.25) is 10.00 Å². The van der Waals surface area contributed by atoms with E-state index in [2.05, 4.69) is 10.4 Å². The summed E-state index contributed by atoms with van der Waals surface area (Å²) in [5, 5.41) is 7.12. The first kappa shape index (κ1) is 18.8. The maximum Gasteiger partial charge on any atom is 0.413 e. The number of halogens is 3. The molecule has 2 aliphatic rings. The molecule has 1 aromatic carbocycles. The molecule has 1 N–H and O–H groups in total. The van der Waals surface area contributed by atoms with Gasteiger partial charge in [0.1, 0.15) is 18.1 Å². The third kappa shape index (κ3) is 3.59. The average molecular weight is 393 g/mol. The quantitative estimate of drug-likeness (QED) is 0.799. The number of hydrogen-bond acceptors (Lipinski definition) is 3. The topological polar surface area (TPSA) is 56.2 Å². The number of hydrogen-bond donors (Lipinski definition) is 1. The normalized spacial score (nSPS) is 23.6. The highest BCUT2D eigenvalue weighted by molar-refractivity contribution is 5.91. The summed E-state index contributed by atoms with van der Waals surface area (Å²) in [4.78, 5) is 12.3. The van der Waals surface area contributed by atoms with Gasteiger partial charge in [0.2, 0.25) is 5.92 Å². The van der Waals surface area contributed by atoms with Crippen LogP contribution in [0.3, 0.4) is 0 Å². The van der Waals surface area contributed by atoms with Gasteiger partial charge in [-0.05, 0) is 12.5 Å². The Bertz CT molecular complexity index is 898. The van der Waals surface area contributed by atoms with Crippen LogP contribution >= 0.6 is 0 Å². The van der Waals surface area contributed by atoms with Gasteiger partial charge >= 0.3 is 6.09 Å². The van der Waals surface area contributed by atoms with Gasteiger partial charge in [-0.25, -0.2) is 18.0 Å². The number of alkyl halides is 3. The predicted octanol–water partition coefficient (Wildman–Crippen LogP) is 4.96. The Morgan fingerprint density at radius 2 is 2.04 bits per heavy atom. The van der Waals surface area contributed by atoms with Crippen molar-refractivity contribution in [2.45, 2.75) is 56.7 Å². The standard InChI is InChI=1S/C20H22F3N3O2/c1-11-4-3-5-12(6-11)16-17(13-9-20(22,23)10-13)25-26(2)18(16)24-19(27)28-15-7-14(21)8-15/h3-6,13-15H,7-10H2,1-2H3,(H,24,27). The maximum absolute atomic E-state index is 13.5. The van der Waals surface area contributed by atoms with E-state index in [1.165, 1.54) is 4.68 Å².